The van der Waals surface area contributed by atoms with Gasteiger partial charge in [0.05, 0.1) is 5.69 Å². The zero-order valence-electron chi connectivity index (χ0n) is 13.6. The molecule has 0 aliphatic carbocycles. The van der Waals surface area contributed by atoms with E-state index in [2.05, 4.69) is 28.8 Å². The van der Waals surface area contributed by atoms with E-state index in [9.17, 15) is 4.79 Å². The molecule has 22 heavy (non-hydrogen) atoms. The molecular weight excluding hydrogens is 300 g/mol. The fourth-order valence-corrected chi connectivity index (χ4v) is 2.75. The van der Waals surface area contributed by atoms with E-state index < -0.39 is 0 Å². The van der Waals surface area contributed by atoms with Crippen molar-refractivity contribution in [3.05, 3.63) is 22.7 Å². The smallest absolute Gasteiger partial charge is 0.269 e. The molecule has 5 nitrogen and oxygen atoms in total. The predicted molar refractivity (Wildman–Crippen MR) is 89.5 cm³/mol. The molecule has 0 aliphatic heterocycles. The number of carbonyl (C=O) groups excluding carboxylic acids is 1. The summed E-state index contributed by atoms with van der Waals surface area (Å²) in [5, 5.41) is 1.11. The summed E-state index contributed by atoms with van der Waals surface area (Å²) in [6.07, 6.45) is 4.62. The van der Waals surface area contributed by atoms with Gasteiger partial charge in [-0.2, -0.15) is 4.98 Å². The van der Waals surface area contributed by atoms with Crippen molar-refractivity contribution in [1.82, 2.24) is 19.9 Å². The van der Waals surface area contributed by atoms with Gasteiger partial charge in [-0.25, -0.2) is 4.98 Å². The number of unbranched alkanes of at least 4 members (excludes halogenated alkanes) is 2. The van der Waals surface area contributed by atoms with Crippen molar-refractivity contribution in [2.45, 2.75) is 45.4 Å². The maximum absolute atomic E-state index is 12.1. The number of hydrogen-bond acceptors (Lipinski definition) is 3. The van der Waals surface area contributed by atoms with E-state index in [0.29, 0.717) is 11.3 Å². The number of amides is 1. The molecule has 2 rings (SSSR count). The maximum atomic E-state index is 12.1. The quantitative estimate of drug-likeness (QED) is 0.646. The van der Waals surface area contributed by atoms with Crippen LogP contribution in [0.15, 0.2) is 6.07 Å². The molecule has 0 fully saturated rings. The van der Waals surface area contributed by atoms with Crippen molar-refractivity contribution in [3.63, 3.8) is 0 Å². The van der Waals surface area contributed by atoms with Crippen LogP contribution in [0.3, 0.4) is 0 Å². The van der Waals surface area contributed by atoms with Crippen molar-refractivity contribution in [2.75, 3.05) is 14.1 Å². The maximum Gasteiger partial charge on any atom is 0.269 e. The van der Waals surface area contributed by atoms with Crippen LogP contribution in [0.25, 0.3) is 11.0 Å². The summed E-state index contributed by atoms with van der Waals surface area (Å²) in [6.45, 7) is 4.34. The average molecular weight is 323 g/mol. The van der Waals surface area contributed by atoms with E-state index >= 15 is 0 Å². The van der Waals surface area contributed by atoms with Crippen LogP contribution in [-0.4, -0.2) is 39.9 Å². The Kier molecular flexibility index (Phi) is 5.40. The Labute approximate surface area is 136 Å². The van der Waals surface area contributed by atoms with E-state index in [4.69, 9.17) is 11.6 Å². The highest BCUT2D eigenvalue weighted by atomic mass is 35.5. The van der Waals surface area contributed by atoms with Gasteiger partial charge in [0.1, 0.15) is 11.3 Å². The summed E-state index contributed by atoms with van der Waals surface area (Å²) in [5.74, 6) is 0.200. The molecule has 120 valence electrons. The minimum Gasteiger partial charge on any atom is -0.344 e. The monoisotopic (exact) mass is 322 g/mol. The van der Waals surface area contributed by atoms with Gasteiger partial charge in [-0.05, 0) is 30.0 Å². The number of nitrogens with one attached hydrogen (secondary N) is 1. The minimum absolute atomic E-state index is 0.0845. The molecule has 2 aromatic rings. The molecule has 0 radical (unpaired) electrons. The van der Waals surface area contributed by atoms with Gasteiger partial charge in [-0.1, -0.05) is 33.1 Å². The van der Waals surface area contributed by atoms with Gasteiger partial charge in [0.2, 0.25) is 5.28 Å². The number of halogens is 1. The van der Waals surface area contributed by atoms with E-state index in [0.717, 1.165) is 23.9 Å². The first-order valence-electron chi connectivity index (χ1n) is 7.71. The molecule has 0 aromatic carbocycles. The Morgan fingerprint density at radius 2 is 2.09 bits per heavy atom. The van der Waals surface area contributed by atoms with Crippen LogP contribution in [0.5, 0.6) is 0 Å². The molecule has 1 atom stereocenters. The zero-order chi connectivity index (χ0) is 16.3. The summed E-state index contributed by atoms with van der Waals surface area (Å²) in [6, 6.07) is 1.83. The highest BCUT2D eigenvalue weighted by Gasteiger charge is 2.18. The SMILES string of the molecule is CCCCCC(C)c1nc(Cl)nc2[nH]c(C(=O)N(C)C)cc12. The van der Waals surface area contributed by atoms with Crippen molar-refractivity contribution in [2.24, 2.45) is 0 Å². The lowest BCUT2D eigenvalue weighted by atomic mass is 9.98. The lowest BCUT2D eigenvalue weighted by Crippen LogP contribution is -2.21. The molecule has 0 spiro atoms. The number of H-pyrrole nitrogens is 1. The number of hydrogen-bond donors (Lipinski definition) is 1. The predicted octanol–water partition coefficient (Wildman–Crippen LogP) is 4.00. The Balaban J connectivity index is 2.38. The normalized spacial score (nSPS) is 12.6. The van der Waals surface area contributed by atoms with Crippen LogP contribution < -0.4 is 0 Å². The first-order chi connectivity index (χ1) is 10.4. The van der Waals surface area contributed by atoms with Crippen LogP contribution in [0.2, 0.25) is 5.28 Å². The van der Waals surface area contributed by atoms with Gasteiger partial charge in [0.25, 0.3) is 5.91 Å². The molecule has 2 heterocycles. The molecule has 0 saturated heterocycles. The largest absolute Gasteiger partial charge is 0.344 e. The fourth-order valence-electron chi connectivity index (χ4n) is 2.57. The number of aromatic amines is 1. The van der Waals surface area contributed by atoms with Crippen molar-refractivity contribution >= 4 is 28.5 Å². The Bertz CT molecular complexity index is 665. The molecule has 1 unspecified atom stereocenters. The van der Waals surface area contributed by atoms with Crippen LogP contribution in [0.4, 0.5) is 0 Å². The number of carbonyl (C=O) groups is 1. The first-order valence-corrected chi connectivity index (χ1v) is 8.09. The number of aromatic nitrogens is 3. The summed E-state index contributed by atoms with van der Waals surface area (Å²) in [7, 11) is 3.45. The highest BCUT2D eigenvalue weighted by Crippen LogP contribution is 2.28. The van der Waals surface area contributed by atoms with Gasteiger partial charge < -0.3 is 9.88 Å². The second-order valence-electron chi connectivity index (χ2n) is 5.92. The first kappa shape index (κ1) is 16.7. The van der Waals surface area contributed by atoms with Gasteiger partial charge in [-0.3, -0.25) is 4.79 Å². The number of fused-ring (bicyclic) bond motifs is 1. The second-order valence-corrected chi connectivity index (χ2v) is 6.26. The van der Waals surface area contributed by atoms with Crippen LogP contribution in [0.1, 0.15) is 61.6 Å². The van der Waals surface area contributed by atoms with Gasteiger partial charge in [0.15, 0.2) is 0 Å². The Morgan fingerprint density at radius 1 is 1.36 bits per heavy atom. The third-order valence-electron chi connectivity index (χ3n) is 3.83. The molecule has 1 amide bonds. The average Bonchev–Trinajstić information content (AvgIpc) is 2.89. The molecule has 0 bridgehead atoms. The van der Waals surface area contributed by atoms with Crippen LogP contribution in [-0.2, 0) is 0 Å². The Hall–Kier alpha value is -1.62. The van der Waals surface area contributed by atoms with E-state index in [1.165, 1.54) is 17.7 Å². The summed E-state index contributed by atoms with van der Waals surface area (Å²) in [5.41, 5.74) is 2.06. The van der Waals surface area contributed by atoms with Gasteiger partial charge >= 0.3 is 0 Å². The van der Waals surface area contributed by atoms with Crippen molar-refractivity contribution < 1.29 is 4.79 Å². The molecule has 0 aliphatic rings. The molecule has 6 heteroatoms. The van der Waals surface area contributed by atoms with Crippen molar-refractivity contribution in [3.8, 4) is 0 Å². The lowest BCUT2D eigenvalue weighted by molar-refractivity contribution is 0.0823. The number of nitrogens with zero attached hydrogens (tertiary/aromatic N) is 3. The van der Waals surface area contributed by atoms with Gasteiger partial charge in [0, 0.05) is 19.5 Å². The van der Waals surface area contributed by atoms with Gasteiger partial charge in [-0.15, -0.1) is 0 Å². The minimum atomic E-state index is -0.0845. The molecule has 0 saturated carbocycles. The third kappa shape index (κ3) is 3.58. The molecule has 1 N–H and O–H groups in total. The van der Waals surface area contributed by atoms with Crippen LogP contribution in [0, 0.1) is 0 Å². The standard InChI is InChI=1S/C16H23ClN4O/c1-5-6-7-8-10(2)13-11-9-12(15(22)21(3)4)18-14(11)20-16(17)19-13/h9-10H,5-8H2,1-4H3,(H,18,19,20). The zero-order valence-corrected chi connectivity index (χ0v) is 14.4. The van der Waals surface area contributed by atoms with Crippen molar-refractivity contribution in [1.29, 1.82) is 0 Å². The van der Waals surface area contributed by atoms with E-state index in [-0.39, 0.29) is 17.1 Å². The fraction of sp³-hybridized carbons (Fsp3) is 0.562. The second kappa shape index (κ2) is 7.09. The molecule has 2 aromatic heterocycles. The van der Waals surface area contributed by atoms with Crippen LogP contribution >= 0.6 is 11.6 Å². The summed E-state index contributed by atoms with van der Waals surface area (Å²) < 4.78 is 0. The topological polar surface area (TPSA) is 61.9 Å². The summed E-state index contributed by atoms with van der Waals surface area (Å²) in [4.78, 5) is 25.3. The lowest BCUT2D eigenvalue weighted by Gasteiger charge is -2.11. The Morgan fingerprint density at radius 3 is 2.73 bits per heavy atom. The van der Waals surface area contributed by atoms with E-state index in [1.54, 1.807) is 14.1 Å². The highest BCUT2D eigenvalue weighted by molar-refractivity contribution is 6.28. The summed E-state index contributed by atoms with van der Waals surface area (Å²) >= 11 is 6.04. The number of rotatable bonds is 6. The third-order valence-corrected chi connectivity index (χ3v) is 4.00. The van der Waals surface area contributed by atoms with E-state index in [1.807, 2.05) is 6.07 Å². The molecular formula is C16H23ClN4O.